The molecule has 0 atom stereocenters. The summed E-state index contributed by atoms with van der Waals surface area (Å²) in [6.45, 7) is 1.66. The van der Waals surface area contributed by atoms with Crippen LogP contribution in [0.4, 0.5) is 0 Å². The number of hydrogen-bond donors (Lipinski definition) is 2. The zero-order valence-electron chi connectivity index (χ0n) is 19.1. The highest BCUT2D eigenvalue weighted by atomic mass is 127. The Morgan fingerprint density at radius 2 is 1.61 bits per heavy atom. The summed E-state index contributed by atoms with van der Waals surface area (Å²) in [5, 5.41) is 6.58. The lowest BCUT2D eigenvalue weighted by Crippen LogP contribution is -2.36. The molecule has 3 rings (SSSR count). The Balaban J connectivity index is 0.00000385. The molecule has 0 spiro atoms. The molecule has 33 heavy (non-hydrogen) atoms. The fourth-order valence-corrected chi connectivity index (χ4v) is 2.99. The molecule has 3 aromatic rings. The summed E-state index contributed by atoms with van der Waals surface area (Å²) < 4.78 is 5.80. The lowest BCUT2D eigenvalue weighted by molar-refractivity contribution is 0.0827. The van der Waals surface area contributed by atoms with Crippen molar-refractivity contribution in [2.45, 2.75) is 19.7 Å². The van der Waals surface area contributed by atoms with Crippen LogP contribution < -0.4 is 15.4 Å². The van der Waals surface area contributed by atoms with Crippen LogP contribution in [0.25, 0.3) is 0 Å². The predicted molar refractivity (Wildman–Crippen MR) is 142 cm³/mol. The number of ether oxygens (including phenoxy) is 1. The number of aromatic nitrogens is 1. The molecular weight excluding hydrogens is 529 g/mol. The van der Waals surface area contributed by atoms with Gasteiger partial charge in [-0.2, -0.15) is 0 Å². The van der Waals surface area contributed by atoms with Crippen molar-refractivity contribution in [1.82, 2.24) is 20.5 Å². The Bertz CT molecular complexity index is 1040. The second-order valence-corrected chi connectivity index (χ2v) is 7.45. The van der Waals surface area contributed by atoms with E-state index in [1.54, 1.807) is 32.2 Å². The number of rotatable bonds is 8. The molecule has 0 aliphatic carbocycles. The van der Waals surface area contributed by atoms with Crippen LogP contribution in [-0.2, 0) is 19.7 Å². The fourth-order valence-electron chi connectivity index (χ4n) is 2.99. The van der Waals surface area contributed by atoms with E-state index in [2.05, 4.69) is 20.6 Å². The molecule has 0 aliphatic rings. The van der Waals surface area contributed by atoms with Gasteiger partial charge in [-0.25, -0.2) is 4.98 Å². The van der Waals surface area contributed by atoms with E-state index < -0.39 is 0 Å². The molecule has 0 unspecified atom stereocenters. The maximum Gasteiger partial charge on any atom is 0.253 e. The Kier molecular flexibility index (Phi) is 10.6. The number of amides is 1. The topological polar surface area (TPSA) is 78.9 Å². The summed E-state index contributed by atoms with van der Waals surface area (Å²) in [6, 6.07) is 21.4. The lowest BCUT2D eigenvalue weighted by atomic mass is 10.1. The maximum absolute atomic E-state index is 12.0. The zero-order valence-corrected chi connectivity index (χ0v) is 21.4. The number of pyridine rings is 1. The molecule has 0 saturated heterocycles. The van der Waals surface area contributed by atoms with Crippen LogP contribution >= 0.6 is 24.0 Å². The number of aliphatic imine (C=N–C) groups is 1. The van der Waals surface area contributed by atoms with Gasteiger partial charge in [0.15, 0.2) is 5.96 Å². The average molecular weight is 559 g/mol. The standard InChI is InChI=1S/C25H29N5O2.HI/c1-26-25(28-16-19-9-11-22(12-10-19)24(31)30(2)3)29-17-21-13-14-27-23(15-21)32-18-20-7-5-4-6-8-20;/h4-15H,16-18H2,1-3H3,(H2,26,28,29);1H. The first-order valence-electron chi connectivity index (χ1n) is 10.4. The minimum absolute atomic E-state index is 0. The number of hydrogen-bond acceptors (Lipinski definition) is 4. The van der Waals surface area contributed by atoms with Gasteiger partial charge < -0.3 is 20.3 Å². The van der Waals surface area contributed by atoms with Gasteiger partial charge >= 0.3 is 0 Å². The highest BCUT2D eigenvalue weighted by molar-refractivity contribution is 14.0. The van der Waals surface area contributed by atoms with Crippen LogP contribution in [0.15, 0.2) is 77.9 Å². The van der Waals surface area contributed by atoms with Crippen molar-refractivity contribution in [2.24, 2.45) is 4.99 Å². The van der Waals surface area contributed by atoms with E-state index in [-0.39, 0.29) is 29.9 Å². The minimum atomic E-state index is -0.00791. The number of carbonyl (C=O) groups is 1. The Morgan fingerprint density at radius 3 is 2.24 bits per heavy atom. The highest BCUT2D eigenvalue weighted by Crippen LogP contribution is 2.12. The molecule has 174 valence electrons. The number of benzene rings is 2. The fraction of sp³-hybridized carbons (Fsp3) is 0.240. The number of halogens is 1. The normalized spacial score (nSPS) is 10.7. The van der Waals surface area contributed by atoms with Gasteiger partial charge in [-0.1, -0.05) is 42.5 Å². The van der Waals surface area contributed by atoms with E-state index in [4.69, 9.17) is 4.74 Å². The van der Waals surface area contributed by atoms with Crippen molar-refractivity contribution in [2.75, 3.05) is 21.1 Å². The summed E-state index contributed by atoms with van der Waals surface area (Å²) in [4.78, 5) is 22.1. The van der Waals surface area contributed by atoms with Crippen LogP contribution in [0.2, 0.25) is 0 Å². The maximum atomic E-state index is 12.0. The third-order valence-corrected chi connectivity index (χ3v) is 4.78. The van der Waals surface area contributed by atoms with Gasteiger partial charge in [-0.05, 0) is 34.9 Å². The Labute approximate surface area is 212 Å². The van der Waals surface area contributed by atoms with Gasteiger partial charge in [0.05, 0.1) is 0 Å². The van der Waals surface area contributed by atoms with Gasteiger partial charge in [-0.3, -0.25) is 9.79 Å². The van der Waals surface area contributed by atoms with Gasteiger partial charge in [0, 0.05) is 52.1 Å². The third-order valence-electron chi connectivity index (χ3n) is 4.78. The van der Waals surface area contributed by atoms with Crippen molar-refractivity contribution < 1.29 is 9.53 Å². The molecule has 0 radical (unpaired) electrons. The average Bonchev–Trinajstić information content (AvgIpc) is 2.83. The molecular formula is C25H30IN5O2. The van der Waals surface area contributed by atoms with Crippen LogP contribution in [0.1, 0.15) is 27.0 Å². The minimum Gasteiger partial charge on any atom is -0.473 e. The molecule has 1 amide bonds. The Morgan fingerprint density at radius 1 is 0.939 bits per heavy atom. The Hall–Kier alpha value is -3.14. The number of nitrogens with one attached hydrogen (secondary N) is 2. The van der Waals surface area contributed by atoms with E-state index in [0.717, 1.165) is 16.7 Å². The van der Waals surface area contributed by atoms with Crippen LogP contribution in [0, 0.1) is 0 Å². The van der Waals surface area contributed by atoms with E-state index in [1.165, 1.54) is 0 Å². The van der Waals surface area contributed by atoms with Crippen LogP contribution in [0.5, 0.6) is 5.88 Å². The van der Waals surface area contributed by atoms with Gasteiger partial charge in [0.1, 0.15) is 6.61 Å². The van der Waals surface area contributed by atoms with Crippen LogP contribution in [0.3, 0.4) is 0 Å². The summed E-state index contributed by atoms with van der Waals surface area (Å²) in [5.74, 6) is 1.26. The molecule has 0 bridgehead atoms. The first-order chi connectivity index (χ1) is 15.5. The van der Waals surface area contributed by atoms with E-state index >= 15 is 0 Å². The largest absolute Gasteiger partial charge is 0.473 e. The zero-order chi connectivity index (χ0) is 22.8. The smallest absolute Gasteiger partial charge is 0.253 e. The second-order valence-electron chi connectivity index (χ2n) is 7.45. The summed E-state index contributed by atoms with van der Waals surface area (Å²) in [5.41, 5.74) is 3.87. The van der Waals surface area contributed by atoms with Crippen molar-refractivity contribution in [3.8, 4) is 5.88 Å². The number of carbonyl (C=O) groups excluding carboxylic acids is 1. The highest BCUT2D eigenvalue weighted by Gasteiger charge is 2.07. The molecule has 0 fully saturated rings. The first kappa shape index (κ1) is 26.1. The molecule has 2 aromatic carbocycles. The van der Waals surface area contributed by atoms with Crippen molar-refractivity contribution >= 4 is 35.8 Å². The monoisotopic (exact) mass is 559 g/mol. The van der Waals surface area contributed by atoms with Crippen LogP contribution in [-0.4, -0.2) is 42.9 Å². The van der Waals surface area contributed by atoms with Crippen molar-refractivity contribution in [3.05, 3.63) is 95.2 Å². The van der Waals surface area contributed by atoms with E-state index in [9.17, 15) is 4.79 Å². The molecule has 1 aromatic heterocycles. The molecule has 0 saturated carbocycles. The van der Waals surface area contributed by atoms with Crippen molar-refractivity contribution in [1.29, 1.82) is 0 Å². The van der Waals surface area contributed by atoms with E-state index in [1.807, 2.05) is 66.7 Å². The molecule has 0 aliphatic heterocycles. The summed E-state index contributed by atoms with van der Waals surface area (Å²) in [6.07, 6.45) is 1.74. The van der Waals surface area contributed by atoms with E-state index in [0.29, 0.717) is 37.1 Å². The number of guanidine groups is 1. The molecule has 2 N–H and O–H groups in total. The molecule has 7 nitrogen and oxygen atoms in total. The lowest BCUT2D eigenvalue weighted by Gasteiger charge is -2.13. The molecule has 8 heteroatoms. The second kappa shape index (κ2) is 13.4. The van der Waals surface area contributed by atoms with Crippen molar-refractivity contribution in [3.63, 3.8) is 0 Å². The summed E-state index contributed by atoms with van der Waals surface area (Å²) in [7, 11) is 5.22. The third kappa shape index (κ3) is 8.38. The SMILES string of the molecule is CN=C(NCc1ccc(C(=O)N(C)C)cc1)NCc1ccnc(OCc2ccccc2)c1.I. The van der Waals surface area contributed by atoms with Gasteiger partial charge in [0.2, 0.25) is 5.88 Å². The van der Waals surface area contributed by atoms with Gasteiger partial charge in [-0.15, -0.1) is 24.0 Å². The quantitative estimate of drug-likeness (QED) is 0.249. The number of nitrogens with zero attached hydrogens (tertiary/aromatic N) is 3. The predicted octanol–water partition coefficient (Wildman–Crippen LogP) is 3.85. The summed E-state index contributed by atoms with van der Waals surface area (Å²) >= 11 is 0. The van der Waals surface area contributed by atoms with Gasteiger partial charge in [0.25, 0.3) is 5.91 Å². The molecule has 1 heterocycles. The first-order valence-corrected chi connectivity index (χ1v) is 10.4.